The number of ether oxygens (including phenoxy) is 2. The zero-order valence-corrected chi connectivity index (χ0v) is 15.5. The number of pyridine rings is 1. The fraction of sp³-hybridized carbons (Fsp3) is 0.0833. The third-order valence-electron chi connectivity index (χ3n) is 5.05. The van der Waals surface area contributed by atoms with E-state index in [0.717, 1.165) is 5.56 Å². The first-order chi connectivity index (χ1) is 14.2. The van der Waals surface area contributed by atoms with Gasteiger partial charge in [0.15, 0.2) is 17.3 Å². The summed E-state index contributed by atoms with van der Waals surface area (Å²) >= 11 is 0. The summed E-state index contributed by atoms with van der Waals surface area (Å²) in [7, 11) is 0. The number of hydrogen-bond acceptors (Lipinski definition) is 4. The number of rotatable bonds is 4. The Labute approximate surface area is 166 Å². The zero-order valence-electron chi connectivity index (χ0n) is 15.5. The van der Waals surface area contributed by atoms with Crippen LogP contribution in [-0.2, 0) is 6.54 Å². The Morgan fingerprint density at radius 3 is 2.28 bits per heavy atom. The fourth-order valence-corrected chi connectivity index (χ4v) is 3.60. The number of benzene rings is 3. The van der Waals surface area contributed by atoms with Crippen LogP contribution in [0, 0.1) is 0 Å². The Bertz CT molecular complexity index is 1280. The van der Waals surface area contributed by atoms with Gasteiger partial charge < -0.3 is 14.0 Å². The molecule has 0 saturated carbocycles. The highest BCUT2D eigenvalue weighted by molar-refractivity contribution is 6.10. The molecule has 5 nitrogen and oxygen atoms in total. The number of aromatic nitrogens is 1. The standard InChI is InChI=1S/C24H17NO4/c26-23(17-9-5-2-6-10-17)19-14-25(13-16-7-3-1-4-8-16)20-12-22-21(28-15-29-22)11-18(20)24(19)27/h1-12,14H,13,15H2. The van der Waals surface area contributed by atoms with Crippen molar-refractivity contribution in [2.24, 2.45) is 0 Å². The summed E-state index contributed by atoms with van der Waals surface area (Å²) in [5.74, 6) is 0.822. The highest BCUT2D eigenvalue weighted by atomic mass is 16.7. The number of carbonyl (C=O) groups excluding carboxylic acids is 1. The first-order valence-electron chi connectivity index (χ1n) is 9.31. The Kier molecular flexibility index (Phi) is 4.13. The lowest BCUT2D eigenvalue weighted by molar-refractivity contribution is 0.103. The highest BCUT2D eigenvalue weighted by Gasteiger charge is 2.21. The maximum atomic E-state index is 13.2. The quantitative estimate of drug-likeness (QED) is 0.500. The maximum Gasteiger partial charge on any atom is 0.231 e. The molecule has 0 radical (unpaired) electrons. The molecular weight excluding hydrogens is 366 g/mol. The van der Waals surface area contributed by atoms with E-state index in [1.165, 1.54) is 0 Å². The SMILES string of the molecule is O=C(c1ccccc1)c1cn(Cc2ccccc2)c2cc3c(cc2c1=O)OCO3. The Hall–Kier alpha value is -3.86. The molecule has 0 amide bonds. The number of carbonyl (C=O) groups is 1. The van der Waals surface area contributed by atoms with Gasteiger partial charge in [-0.2, -0.15) is 0 Å². The Morgan fingerprint density at radius 2 is 1.55 bits per heavy atom. The number of ketones is 1. The van der Waals surface area contributed by atoms with Crippen molar-refractivity contribution >= 4 is 16.7 Å². The van der Waals surface area contributed by atoms with Crippen molar-refractivity contribution < 1.29 is 14.3 Å². The van der Waals surface area contributed by atoms with E-state index in [1.807, 2.05) is 41.0 Å². The normalized spacial score (nSPS) is 12.3. The topological polar surface area (TPSA) is 57.5 Å². The van der Waals surface area contributed by atoms with Crippen molar-refractivity contribution in [1.29, 1.82) is 0 Å². The van der Waals surface area contributed by atoms with Crippen LogP contribution < -0.4 is 14.9 Å². The molecule has 0 spiro atoms. The van der Waals surface area contributed by atoms with Gasteiger partial charge in [0.05, 0.1) is 16.5 Å². The van der Waals surface area contributed by atoms with Crippen molar-refractivity contribution in [2.75, 3.05) is 6.79 Å². The van der Waals surface area contributed by atoms with Gasteiger partial charge in [-0.3, -0.25) is 9.59 Å². The van der Waals surface area contributed by atoms with Crippen molar-refractivity contribution in [3.63, 3.8) is 0 Å². The van der Waals surface area contributed by atoms with Gasteiger partial charge in [-0.1, -0.05) is 60.7 Å². The monoisotopic (exact) mass is 383 g/mol. The predicted octanol–water partition coefficient (Wildman–Crippen LogP) is 4.01. The van der Waals surface area contributed by atoms with Crippen LogP contribution in [0.25, 0.3) is 10.9 Å². The van der Waals surface area contributed by atoms with Crippen LogP contribution in [0.2, 0.25) is 0 Å². The summed E-state index contributed by atoms with van der Waals surface area (Å²) < 4.78 is 12.9. The summed E-state index contributed by atoms with van der Waals surface area (Å²) in [6, 6.07) is 22.2. The molecule has 2 heterocycles. The van der Waals surface area contributed by atoms with Gasteiger partial charge in [-0.05, 0) is 11.6 Å². The van der Waals surface area contributed by atoms with E-state index in [1.54, 1.807) is 42.6 Å². The molecule has 0 bridgehead atoms. The second kappa shape index (κ2) is 6.95. The lowest BCUT2D eigenvalue weighted by atomic mass is 10.0. The minimum absolute atomic E-state index is 0.119. The van der Waals surface area contributed by atoms with Crippen molar-refractivity contribution in [1.82, 2.24) is 4.57 Å². The van der Waals surface area contributed by atoms with Gasteiger partial charge >= 0.3 is 0 Å². The molecule has 0 N–H and O–H groups in total. The van der Waals surface area contributed by atoms with E-state index in [2.05, 4.69) is 0 Å². The molecule has 5 rings (SSSR count). The third-order valence-corrected chi connectivity index (χ3v) is 5.05. The van der Waals surface area contributed by atoms with Crippen molar-refractivity contribution in [3.8, 4) is 11.5 Å². The lowest BCUT2D eigenvalue weighted by Gasteiger charge is -2.14. The van der Waals surface area contributed by atoms with E-state index in [0.29, 0.717) is 34.5 Å². The van der Waals surface area contributed by atoms with Gasteiger partial charge in [0.2, 0.25) is 12.2 Å². The van der Waals surface area contributed by atoms with Gasteiger partial charge in [0.25, 0.3) is 0 Å². The van der Waals surface area contributed by atoms with E-state index in [9.17, 15) is 9.59 Å². The van der Waals surface area contributed by atoms with E-state index in [4.69, 9.17) is 9.47 Å². The Balaban J connectivity index is 1.74. The average Bonchev–Trinajstić information content (AvgIpc) is 3.23. The smallest absolute Gasteiger partial charge is 0.231 e. The van der Waals surface area contributed by atoms with Crippen LogP contribution in [0.5, 0.6) is 11.5 Å². The molecule has 0 aliphatic carbocycles. The van der Waals surface area contributed by atoms with Crippen LogP contribution in [-0.4, -0.2) is 17.1 Å². The summed E-state index contributed by atoms with van der Waals surface area (Å²) in [6.45, 7) is 0.640. The van der Waals surface area contributed by atoms with Gasteiger partial charge in [0, 0.05) is 24.4 Å². The average molecular weight is 383 g/mol. The first-order valence-corrected chi connectivity index (χ1v) is 9.31. The lowest BCUT2D eigenvalue weighted by Crippen LogP contribution is -2.20. The van der Waals surface area contributed by atoms with Gasteiger partial charge in [-0.25, -0.2) is 0 Å². The van der Waals surface area contributed by atoms with Crippen molar-refractivity contribution in [3.05, 3.63) is 106 Å². The summed E-state index contributed by atoms with van der Waals surface area (Å²) in [5, 5.41) is 0.437. The van der Waals surface area contributed by atoms with Gasteiger partial charge in [0.1, 0.15) is 0 Å². The summed E-state index contributed by atoms with van der Waals surface area (Å²) in [6.07, 6.45) is 1.65. The second-order valence-corrected chi connectivity index (χ2v) is 6.90. The molecule has 5 heteroatoms. The third kappa shape index (κ3) is 3.06. The molecule has 0 unspecified atom stereocenters. The van der Waals surface area contributed by atoms with Gasteiger partial charge in [-0.15, -0.1) is 0 Å². The molecule has 1 aliphatic heterocycles. The first kappa shape index (κ1) is 17.3. The minimum Gasteiger partial charge on any atom is -0.454 e. The predicted molar refractivity (Wildman–Crippen MR) is 110 cm³/mol. The van der Waals surface area contributed by atoms with Crippen LogP contribution in [0.3, 0.4) is 0 Å². The minimum atomic E-state index is -0.309. The fourth-order valence-electron chi connectivity index (χ4n) is 3.60. The van der Waals surface area contributed by atoms with Crippen LogP contribution in [0.4, 0.5) is 0 Å². The molecule has 142 valence electrons. The second-order valence-electron chi connectivity index (χ2n) is 6.90. The molecule has 0 atom stereocenters. The zero-order chi connectivity index (χ0) is 19.8. The largest absolute Gasteiger partial charge is 0.454 e. The molecule has 1 aliphatic rings. The van der Waals surface area contributed by atoms with Crippen LogP contribution >= 0.6 is 0 Å². The molecule has 1 aromatic heterocycles. The molecule has 4 aromatic rings. The van der Waals surface area contributed by atoms with E-state index >= 15 is 0 Å². The van der Waals surface area contributed by atoms with E-state index in [-0.39, 0.29) is 23.6 Å². The van der Waals surface area contributed by atoms with Crippen molar-refractivity contribution in [2.45, 2.75) is 6.54 Å². The molecule has 0 fully saturated rings. The maximum absolute atomic E-state index is 13.2. The Morgan fingerprint density at radius 1 is 0.897 bits per heavy atom. The molecule has 0 saturated heterocycles. The van der Waals surface area contributed by atoms with Crippen LogP contribution in [0.1, 0.15) is 21.5 Å². The number of nitrogens with zero attached hydrogens (tertiary/aromatic N) is 1. The number of hydrogen-bond donors (Lipinski definition) is 0. The summed E-state index contributed by atoms with van der Waals surface area (Å²) in [5.41, 5.74) is 2.08. The number of fused-ring (bicyclic) bond motifs is 2. The highest BCUT2D eigenvalue weighted by Crippen LogP contribution is 2.35. The molecule has 29 heavy (non-hydrogen) atoms. The molecular formula is C24H17NO4. The summed E-state index contributed by atoms with van der Waals surface area (Å²) in [4.78, 5) is 26.3. The van der Waals surface area contributed by atoms with E-state index < -0.39 is 0 Å². The molecule has 3 aromatic carbocycles. The van der Waals surface area contributed by atoms with Crippen LogP contribution in [0.15, 0.2) is 83.8 Å².